The first-order valence-electron chi connectivity index (χ1n) is 3.12. The summed E-state index contributed by atoms with van der Waals surface area (Å²) in [4.78, 5) is 4.14. The van der Waals surface area contributed by atoms with E-state index in [1.807, 2.05) is 12.3 Å². The van der Waals surface area contributed by atoms with Gasteiger partial charge in [-0.1, -0.05) is 0 Å². The lowest BCUT2D eigenvalue weighted by atomic mass is 10.4. The highest BCUT2D eigenvalue weighted by molar-refractivity contribution is 5.85. The highest BCUT2D eigenvalue weighted by atomic mass is 35.5. The monoisotopic (exact) mass is 156 g/mol. The Morgan fingerprint density at radius 1 is 1.50 bits per heavy atom. The van der Waals surface area contributed by atoms with Crippen LogP contribution in [0, 0.1) is 0 Å². The number of fused-ring (bicyclic) bond motifs is 1. The van der Waals surface area contributed by atoms with Gasteiger partial charge >= 0.3 is 0 Å². The van der Waals surface area contributed by atoms with E-state index in [1.165, 1.54) is 5.69 Å². The fourth-order valence-corrected chi connectivity index (χ4v) is 1.07. The van der Waals surface area contributed by atoms with E-state index in [-0.39, 0.29) is 12.4 Å². The second-order valence-corrected chi connectivity index (χ2v) is 2.16. The molecule has 0 atom stereocenters. The SMILES string of the molecule is C1=NCCn2cccc21.Cl. The third-order valence-electron chi connectivity index (χ3n) is 1.56. The minimum Gasteiger partial charge on any atom is -0.345 e. The van der Waals surface area contributed by atoms with Gasteiger partial charge in [0.1, 0.15) is 0 Å². The van der Waals surface area contributed by atoms with Crippen LogP contribution in [-0.2, 0) is 6.54 Å². The average molecular weight is 157 g/mol. The lowest BCUT2D eigenvalue weighted by Gasteiger charge is -2.07. The van der Waals surface area contributed by atoms with E-state index in [2.05, 4.69) is 21.8 Å². The van der Waals surface area contributed by atoms with Gasteiger partial charge in [0.25, 0.3) is 0 Å². The van der Waals surface area contributed by atoms with Gasteiger partial charge < -0.3 is 4.57 Å². The summed E-state index contributed by atoms with van der Waals surface area (Å²) in [6, 6.07) is 4.12. The summed E-state index contributed by atoms with van der Waals surface area (Å²) >= 11 is 0. The predicted octanol–water partition coefficient (Wildman–Crippen LogP) is 1.34. The molecule has 54 valence electrons. The molecule has 2 rings (SSSR count). The number of hydrogen-bond donors (Lipinski definition) is 0. The highest BCUT2D eigenvalue weighted by Gasteiger charge is 1.99. The van der Waals surface area contributed by atoms with Crippen LogP contribution in [0.2, 0.25) is 0 Å². The van der Waals surface area contributed by atoms with Crippen LogP contribution < -0.4 is 0 Å². The third-order valence-corrected chi connectivity index (χ3v) is 1.56. The molecule has 2 nitrogen and oxygen atoms in total. The summed E-state index contributed by atoms with van der Waals surface area (Å²) in [6.07, 6.45) is 4.00. The number of nitrogens with zero attached hydrogens (tertiary/aromatic N) is 2. The van der Waals surface area contributed by atoms with Crippen LogP contribution in [0.3, 0.4) is 0 Å². The quantitative estimate of drug-likeness (QED) is 0.540. The van der Waals surface area contributed by atoms with E-state index in [0.717, 1.165) is 13.1 Å². The second kappa shape index (κ2) is 2.88. The van der Waals surface area contributed by atoms with Gasteiger partial charge in [0.2, 0.25) is 0 Å². The van der Waals surface area contributed by atoms with E-state index in [9.17, 15) is 0 Å². The van der Waals surface area contributed by atoms with Crippen molar-refractivity contribution >= 4 is 18.6 Å². The van der Waals surface area contributed by atoms with Gasteiger partial charge in [0.15, 0.2) is 0 Å². The molecule has 0 radical (unpaired) electrons. The van der Waals surface area contributed by atoms with Gasteiger partial charge in [-0.2, -0.15) is 0 Å². The summed E-state index contributed by atoms with van der Waals surface area (Å²) in [5, 5.41) is 0. The molecule has 0 N–H and O–H groups in total. The lowest BCUT2D eigenvalue weighted by molar-refractivity contribution is 0.695. The molecule has 0 bridgehead atoms. The molecule has 1 aromatic heterocycles. The molecule has 2 heterocycles. The van der Waals surface area contributed by atoms with Crippen LogP contribution in [0.15, 0.2) is 23.3 Å². The predicted molar refractivity (Wildman–Crippen MR) is 44.1 cm³/mol. The van der Waals surface area contributed by atoms with Crippen molar-refractivity contribution in [3.8, 4) is 0 Å². The molecule has 0 spiro atoms. The molecule has 1 aromatic rings. The van der Waals surface area contributed by atoms with Gasteiger partial charge in [0, 0.05) is 19.0 Å². The molecule has 0 unspecified atom stereocenters. The van der Waals surface area contributed by atoms with Crippen molar-refractivity contribution in [2.75, 3.05) is 6.54 Å². The van der Waals surface area contributed by atoms with E-state index in [4.69, 9.17) is 0 Å². The number of aliphatic imine (C=N–C) groups is 1. The summed E-state index contributed by atoms with van der Waals surface area (Å²) in [5.74, 6) is 0. The Hall–Kier alpha value is -0.760. The Morgan fingerprint density at radius 2 is 2.40 bits per heavy atom. The van der Waals surface area contributed by atoms with Crippen molar-refractivity contribution in [2.24, 2.45) is 4.99 Å². The smallest absolute Gasteiger partial charge is 0.0588 e. The highest BCUT2D eigenvalue weighted by Crippen LogP contribution is 2.02. The van der Waals surface area contributed by atoms with E-state index < -0.39 is 0 Å². The van der Waals surface area contributed by atoms with Crippen LogP contribution in [0.25, 0.3) is 0 Å². The van der Waals surface area contributed by atoms with E-state index in [0.29, 0.717) is 0 Å². The van der Waals surface area contributed by atoms with Crippen molar-refractivity contribution in [2.45, 2.75) is 6.54 Å². The number of rotatable bonds is 0. The van der Waals surface area contributed by atoms with Crippen LogP contribution in [0.5, 0.6) is 0 Å². The molecule has 0 saturated carbocycles. The number of aromatic nitrogens is 1. The van der Waals surface area contributed by atoms with Gasteiger partial charge in [0.05, 0.1) is 12.2 Å². The molecule has 0 amide bonds. The maximum absolute atomic E-state index is 4.14. The normalized spacial score (nSPS) is 14.0. The molecule has 1 aliphatic rings. The van der Waals surface area contributed by atoms with Crippen LogP contribution in [0.4, 0.5) is 0 Å². The van der Waals surface area contributed by atoms with Crippen molar-refractivity contribution in [1.29, 1.82) is 0 Å². The zero-order chi connectivity index (χ0) is 6.10. The third kappa shape index (κ3) is 1.07. The van der Waals surface area contributed by atoms with Gasteiger partial charge in [-0.15, -0.1) is 12.4 Å². The van der Waals surface area contributed by atoms with Crippen molar-refractivity contribution < 1.29 is 0 Å². The Kier molecular flexibility index (Phi) is 2.12. The topological polar surface area (TPSA) is 17.3 Å². The van der Waals surface area contributed by atoms with E-state index >= 15 is 0 Å². The molecule has 0 aliphatic carbocycles. The fourth-order valence-electron chi connectivity index (χ4n) is 1.07. The van der Waals surface area contributed by atoms with Crippen LogP contribution >= 0.6 is 12.4 Å². The Balaban J connectivity index is 0.000000500. The lowest BCUT2D eigenvalue weighted by Crippen LogP contribution is -2.08. The van der Waals surface area contributed by atoms with Crippen LogP contribution in [-0.4, -0.2) is 17.3 Å². The maximum Gasteiger partial charge on any atom is 0.0588 e. The molecule has 10 heavy (non-hydrogen) atoms. The standard InChI is InChI=1S/C7H8N2.ClH/c1-2-7-6-8-3-5-9(7)4-1;/h1-2,4,6H,3,5H2;1H. The first-order valence-corrected chi connectivity index (χ1v) is 3.12. The molecule has 0 saturated heterocycles. The van der Waals surface area contributed by atoms with Gasteiger partial charge in [-0.3, -0.25) is 4.99 Å². The summed E-state index contributed by atoms with van der Waals surface area (Å²) in [6.45, 7) is 1.97. The Bertz CT molecular complexity index is 240. The van der Waals surface area contributed by atoms with Crippen molar-refractivity contribution in [1.82, 2.24) is 4.57 Å². The Morgan fingerprint density at radius 3 is 3.20 bits per heavy atom. The van der Waals surface area contributed by atoms with Gasteiger partial charge in [-0.05, 0) is 12.1 Å². The summed E-state index contributed by atoms with van der Waals surface area (Å²) < 4.78 is 2.20. The zero-order valence-corrected chi connectivity index (χ0v) is 6.34. The average Bonchev–Trinajstić information content (AvgIpc) is 2.33. The van der Waals surface area contributed by atoms with E-state index in [1.54, 1.807) is 0 Å². The first kappa shape index (κ1) is 7.35. The number of hydrogen-bond acceptors (Lipinski definition) is 1. The molecule has 1 aliphatic heterocycles. The first-order chi connectivity index (χ1) is 4.47. The van der Waals surface area contributed by atoms with Gasteiger partial charge in [-0.25, -0.2) is 0 Å². The largest absolute Gasteiger partial charge is 0.345 e. The number of halogens is 1. The minimum atomic E-state index is 0. The summed E-state index contributed by atoms with van der Waals surface area (Å²) in [7, 11) is 0. The van der Waals surface area contributed by atoms with Crippen molar-refractivity contribution in [3.63, 3.8) is 0 Å². The summed E-state index contributed by atoms with van der Waals surface area (Å²) in [5.41, 5.74) is 1.22. The maximum atomic E-state index is 4.14. The molecular formula is C7H9ClN2. The molecule has 3 heteroatoms. The Labute approximate surface area is 66.0 Å². The molecule has 0 aromatic carbocycles. The van der Waals surface area contributed by atoms with Crippen LogP contribution in [0.1, 0.15) is 5.69 Å². The van der Waals surface area contributed by atoms with Crippen molar-refractivity contribution in [3.05, 3.63) is 24.0 Å². The second-order valence-electron chi connectivity index (χ2n) is 2.16. The molecular weight excluding hydrogens is 148 g/mol. The molecule has 0 fully saturated rings. The zero-order valence-electron chi connectivity index (χ0n) is 5.53. The fraction of sp³-hybridized carbons (Fsp3) is 0.286. The minimum absolute atomic E-state index is 0.